The molecule has 0 aliphatic carbocycles. The molecule has 0 radical (unpaired) electrons. The van der Waals surface area contributed by atoms with Gasteiger partial charge in [0.2, 0.25) is 5.91 Å². The Morgan fingerprint density at radius 1 is 0.900 bits per heavy atom. The van der Waals surface area contributed by atoms with Gasteiger partial charge < -0.3 is 5.32 Å². The van der Waals surface area contributed by atoms with Crippen LogP contribution in [0.25, 0.3) is 0 Å². The lowest BCUT2D eigenvalue weighted by Gasteiger charge is -2.05. The first-order valence-corrected chi connectivity index (χ1v) is 7.19. The Labute approximate surface area is 128 Å². The number of amides is 1. The van der Waals surface area contributed by atoms with Crippen LogP contribution < -0.4 is 5.32 Å². The molecule has 0 aromatic heterocycles. The zero-order valence-electron chi connectivity index (χ0n) is 10.9. The van der Waals surface area contributed by atoms with Gasteiger partial charge in [0.05, 0.1) is 0 Å². The van der Waals surface area contributed by atoms with Gasteiger partial charge in [-0.2, -0.15) is 0 Å². The molecule has 104 valence electrons. The van der Waals surface area contributed by atoms with Gasteiger partial charge in [-0.1, -0.05) is 35.3 Å². The lowest BCUT2D eigenvalue weighted by Crippen LogP contribution is -2.11. The average Bonchev–Trinajstić information content (AvgIpc) is 2.44. The van der Waals surface area contributed by atoms with Gasteiger partial charge >= 0.3 is 0 Å². The van der Waals surface area contributed by atoms with Crippen LogP contribution in [0.3, 0.4) is 0 Å². The number of rotatable bonds is 5. The third-order valence-corrected chi connectivity index (χ3v) is 3.41. The number of anilines is 1. The van der Waals surface area contributed by atoms with Gasteiger partial charge in [0.15, 0.2) is 0 Å². The predicted octanol–water partition coefficient (Wildman–Crippen LogP) is 4.95. The Morgan fingerprint density at radius 3 is 2.05 bits per heavy atom. The van der Waals surface area contributed by atoms with Crippen LogP contribution in [0, 0.1) is 0 Å². The van der Waals surface area contributed by atoms with Gasteiger partial charge in [0.1, 0.15) is 0 Å². The minimum atomic E-state index is 0.0151. The molecule has 0 spiro atoms. The van der Waals surface area contributed by atoms with Gasteiger partial charge in [-0.15, -0.1) is 0 Å². The van der Waals surface area contributed by atoms with E-state index >= 15 is 0 Å². The molecule has 1 amide bonds. The van der Waals surface area contributed by atoms with E-state index in [0.717, 1.165) is 23.6 Å². The van der Waals surface area contributed by atoms with Crippen LogP contribution in [-0.4, -0.2) is 5.91 Å². The first-order valence-electron chi connectivity index (χ1n) is 6.43. The summed E-state index contributed by atoms with van der Waals surface area (Å²) < 4.78 is 0. The van der Waals surface area contributed by atoms with Crippen LogP contribution in [0.15, 0.2) is 48.5 Å². The first-order chi connectivity index (χ1) is 9.63. The highest BCUT2D eigenvalue weighted by molar-refractivity contribution is 6.30. The monoisotopic (exact) mass is 307 g/mol. The highest BCUT2D eigenvalue weighted by atomic mass is 35.5. The molecule has 0 fully saturated rings. The van der Waals surface area contributed by atoms with Crippen molar-refractivity contribution in [1.29, 1.82) is 0 Å². The van der Waals surface area contributed by atoms with Crippen LogP contribution in [-0.2, 0) is 11.2 Å². The van der Waals surface area contributed by atoms with Crippen molar-refractivity contribution in [2.75, 3.05) is 5.32 Å². The zero-order chi connectivity index (χ0) is 14.4. The van der Waals surface area contributed by atoms with Gasteiger partial charge in [0.25, 0.3) is 0 Å². The maximum Gasteiger partial charge on any atom is 0.224 e. The first kappa shape index (κ1) is 14.9. The lowest BCUT2D eigenvalue weighted by atomic mass is 10.1. The molecule has 1 N–H and O–H groups in total. The standard InChI is InChI=1S/C16H15Cl2NO/c17-13-6-4-12(5-7-13)2-1-3-16(20)19-15-10-8-14(18)9-11-15/h4-11H,1-3H2,(H,19,20). The van der Waals surface area contributed by atoms with Crippen molar-refractivity contribution in [3.05, 3.63) is 64.1 Å². The SMILES string of the molecule is O=C(CCCc1ccc(Cl)cc1)Nc1ccc(Cl)cc1. The molecule has 0 bridgehead atoms. The fourth-order valence-electron chi connectivity index (χ4n) is 1.86. The number of aryl methyl sites for hydroxylation is 1. The van der Waals surface area contributed by atoms with Crippen molar-refractivity contribution in [2.45, 2.75) is 19.3 Å². The van der Waals surface area contributed by atoms with E-state index in [9.17, 15) is 4.79 Å². The summed E-state index contributed by atoms with van der Waals surface area (Å²) >= 11 is 11.6. The molecule has 2 aromatic carbocycles. The molecule has 0 atom stereocenters. The second-order valence-corrected chi connectivity index (χ2v) is 5.41. The maximum atomic E-state index is 11.8. The van der Waals surface area contributed by atoms with Crippen LogP contribution in [0.5, 0.6) is 0 Å². The molecule has 2 nitrogen and oxygen atoms in total. The quantitative estimate of drug-likeness (QED) is 0.831. The molecule has 0 unspecified atom stereocenters. The van der Waals surface area contributed by atoms with E-state index in [0.29, 0.717) is 11.4 Å². The van der Waals surface area contributed by atoms with E-state index in [1.165, 1.54) is 5.56 Å². The minimum absolute atomic E-state index is 0.0151. The number of carbonyl (C=O) groups excluding carboxylic acids is 1. The molecule has 0 aliphatic heterocycles. The van der Waals surface area contributed by atoms with Crippen LogP contribution >= 0.6 is 23.2 Å². The van der Waals surface area contributed by atoms with Crippen molar-refractivity contribution < 1.29 is 4.79 Å². The van der Waals surface area contributed by atoms with E-state index in [1.54, 1.807) is 24.3 Å². The zero-order valence-corrected chi connectivity index (χ0v) is 12.4. The van der Waals surface area contributed by atoms with Crippen molar-refractivity contribution in [3.8, 4) is 0 Å². The van der Waals surface area contributed by atoms with Crippen LogP contribution in [0.4, 0.5) is 5.69 Å². The third kappa shape index (κ3) is 4.87. The summed E-state index contributed by atoms with van der Waals surface area (Å²) in [4.78, 5) is 11.8. The van der Waals surface area contributed by atoms with E-state index < -0.39 is 0 Å². The van der Waals surface area contributed by atoms with Gasteiger partial charge in [-0.3, -0.25) is 4.79 Å². The summed E-state index contributed by atoms with van der Waals surface area (Å²) in [6.45, 7) is 0. The second-order valence-electron chi connectivity index (χ2n) is 4.54. The summed E-state index contributed by atoms with van der Waals surface area (Å²) in [6.07, 6.45) is 2.16. The summed E-state index contributed by atoms with van der Waals surface area (Å²) in [6, 6.07) is 14.8. The van der Waals surface area contributed by atoms with Crippen LogP contribution in [0.2, 0.25) is 10.0 Å². The molecule has 2 rings (SSSR count). The van der Waals surface area contributed by atoms with Crippen LogP contribution in [0.1, 0.15) is 18.4 Å². The number of nitrogens with one attached hydrogen (secondary N) is 1. The summed E-state index contributed by atoms with van der Waals surface area (Å²) in [7, 11) is 0. The van der Waals surface area contributed by atoms with E-state index in [4.69, 9.17) is 23.2 Å². The van der Waals surface area contributed by atoms with E-state index in [-0.39, 0.29) is 5.91 Å². The number of halogens is 2. The molecular formula is C16H15Cl2NO. The molecule has 0 saturated heterocycles. The Kier molecular flexibility index (Phi) is 5.45. The maximum absolute atomic E-state index is 11.8. The van der Waals surface area contributed by atoms with Crippen molar-refractivity contribution >= 4 is 34.8 Å². The molecule has 0 saturated carbocycles. The Bertz CT molecular complexity index is 564. The van der Waals surface area contributed by atoms with Crippen molar-refractivity contribution in [3.63, 3.8) is 0 Å². The fourth-order valence-corrected chi connectivity index (χ4v) is 2.11. The average molecular weight is 308 g/mol. The van der Waals surface area contributed by atoms with Gasteiger partial charge in [-0.05, 0) is 54.8 Å². The second kappa shape index (κ2) is 7.32. The Balaban J connectivity index is 1.75. The van der Waals surface area contributed by atoms with Crippen molar-refractivity contribution in [1.82, 2.24) is 0 Å². The third-order valence-electron chi connectivity index (χ3n) is 2.91. The molecule has 4 heteroatoms. The molecule has 20 heavy (non-hydrogen) atoms. The molecule has 0 aliphatic rings. The molecule has 0 heterocycles. The normalized spacial score (nSPS) is 10.3. The Morgan fingerprint density at radius 2 is 1.45 bits per heavy atom. The molecule has 2 aromatic rings. The fraction of sp³-hybridized carbons (Fsp3) is 0.188. The lowest BCUT2D eigenvalue weighted by molar-refractivity contribution is -0.116. The largest absolute Gasteiger partial charge is 0.326 e. The highest BCUT2D eigenvalue weighted by Crippen LogP contribution is 2.15. The number of carbonyl (C=O) groups is 1. The van der Waals surface area contributed by atoms with E-state index in [1.807, 2.05) is 24.3 Å². The minimum Gasteiger partial charge on any atom is -0.326 e. The summed E-state index contributed by atoms with van der Waals surface area (Å²) in [5, 5.41) is 4.23. The number of hydrogen-bond acceptors (Lipinski definition) is 1. The summed E-state index contributed by atoms with van der Waals surface area (Å²) in [5.41, 5.74) is 1.96. The number of benzene rings is 2. The Hall–Kier alpha value is -1.51. The van der Waals surface area contributed by atoms with Gasteiger partial charge in [0, 0.05) is 22.2 Å². The van der Waals surface area contributed by atoms with Gasteiger partial charge in [-0.25, -0.2) is 0 Å². The number of hydrogen-bond donors (Lipinski definition) is 1. The predicted molar refractivity (Wildman–Crippen MR) is 84.5 cm³/mol. The highest BCUT2D eigenvalue weighted by Gasteiger charge is 2.03. The smallest absolute Gasteiger partial charge is 0.224 e. The summed E-state index contributed by atoms with van der Waals surface area (Å²) in [5.74, 6) is 0.0151. The topological polar surface area (TPSA) is 29.1 Å². The molecular weight excluding hydrogens is 293 g/mol. The van der Waals surface area contributed by atoms with Crippen molar-refractivity contribution in [2.24, 2.45) is 0 Å². The van der Waals surface area contributed by atoms with E-state index in [2.05, 4.69) is 5.32 Å².